The maximum absolute atomic E-state index is 11.3. The first-order valence-corrected chi connectivity index (χ1v) is 5.86. The van der Waals surface area contributed by atoms with E-state index in [1.807, 2.05) is 0 Å². The highest BCUT2D eigenvalue weighted by Gasteiger charge is 2.31. The molecule has 0 aromatic carbocycles. The van der Waals surface area contributed by atoms with Gasteiger partial charge in [-0.25, -0.2) is 0 Å². The first kappa shape index (κ1) is 14.5. The molecule has 0 N–H and O–H groups in total. The highest BCUT2D eigenvalue weighted by molar-refractivity contribution is 5.74. The van der Waals surface area contributed by atoms with Gasteiger partial charge in [0.05, 0.1) is 20.8 Å². The van der Waals surface area contributed by atoms with Crippen molar-refractivity contribution in [3.63, 3.8) is 0 Å². The van der Waals surface area contributed by atoms with Gasteiger partial charge in [-0.05, 0) is 18.3 Å². The normalized spacial score (nSPS) is 19.3. The zero-order chi connectivity index (χ0) is 13.5. The van der Waals surface area contributed by atoms with Crippen molar-refractivity contribution in [2.75, 3.05) is 20.8 Å². The molecule has 1 fully saturated rings. The number of esters is 3. The fourth-order valence-corrected chi connectivity index (χ4v) is 2.10. The predicted octanol–water partition coefficient (Wildman–Crippen LogP) is 0.682. The highest BCUT2D eigenvalue weighted by Crippen LogP contribution is 2.30. The first-order valence-electron chi connectivity index (χ1n) is 5.86. The Balaban J connectivity index is 2.65. The van der Waals surface area contributed by atoms with Crippen molar-refractivity contribution in [1.29, 1.82) is 0 Å². The Labute approximate surface area is 106 Å². The Morgan fingerprint density at radius 1 is 1.28 bits per heavy atom. The Morgan fingerprint density at radius 2 is 1.83 bits per heavy atom. The van der Waals surface area contributed by atoms with Gasteiger partial charge in [-0.3, -0.25) is 14.4 Å². The van der Waals surface area contributed by atoms with E-state index in [1.54, 1.807) is 0 Å². The lowest BCUT2D eigenvalue weighted by atomic mass is 9.81. The molecule has 1 rings (SSSR count). The van der Waals surface area contributed by atoms with Crippen LogP contribution in [0.2, 0.25) is 0 Å². The number of methoxy groups -OCH3 is 2. The van der Waals surface area contributed by atoms with E-state index in [0.717, 1.165) is 0 Å². The third-order valence-corrected chi connectivity index (χ3v) is 3.16. The third-order valence-electron chi connectivity index (χ3n) is 3.16. The smallest absolute Gasteiger partial charge is 0.306 e. The molecule has 1 aliphatic heterocycles. The summed E-state index contributed by atoms with van der Waals surface area (Å²) in [5, 5.41) is 0. The number of ether oxygens (including phenoxy) is 3. The number of cyclic esters (lactones) is 1. The molecule has 1 saturated heterocycles. The van der Waals surface area contributed by atoms with Gasteiger partial charge in [0.2, 0.25) is 0 Å². The summed E-state index contributed by atoms with van der Waals surface area (Å²) in [5.74, 6) is -1.33. The van der Waals surface area contributed by atoms with Gasteiger partial charge in [0.15, 0.2) is 0 Å². The summed E-state index contributed by atoms with van der Waals surface area (Å²) in [6, 6.07) is 0. The van der Waals surface area contributed by atoms with Gasteiger partial charge < -0.3 is 14.2 Å². The molecule has 0 amide bonds. The molecule has 0 bridgehead atoms. The number of hydrogen-bond acceptors (Lipinski definition) is 6. The maximum atomic E-state index is 11.3. The lowest BCUT2D eigenvalue weighted by molar-refractivity contribution is -0.154. The Morgan fingerprint density at radius 3 is 2.28 bits per heavy atom. The zero-order valence-corrected chi connectivity index (χ0v) is 10.6. The monoisotopic (exact) mass is 258 g/mol. The van der Waals surface area contributed by atoms with Gasteiger partial charge in [0, 0.05) is 19.3 Å². The van der Waals surface area contributed by atoms with E-state index in [4.69, 9.17) is 4.74 Å². The minimum Gasteiger partial charge on any atom is -0.469 e. The average molecular weight is 258 g/mol. The average Bonchev–Trinajstić information content (AvgIpc) is 2.37. The van der Waals surface area contributed by atoms with Crippen molar-refractivity contribution in [3.8, 4) is 0 Å². The summed E-state index contributed by atoms with van der Waals surface area (Å²) in [7, 11) is 2.60. The van der Waals surface area contributed by atoms with Crippen molar-refractivity contribution in [2.45, 2.75) is 25.7 Å². The Kier molecular flexibility index (Phi) is 5.61. The molecule has 102 valence electrons. The van der Waals surface area contributed by atoms with Crippen LogP contribution in [0.1, 0.15) is 25.7 Å². The van der Waals surface area contributed by atoms with Gasteiger partial charge in [-0.1, -0.05) is 0 Å². The van der Waals surface area contributed by atoms with Crippen LogP contribution in [0.15, 0.2) is 0 Å². The topological polar surface area (TPSA) is 78.9 Å². The highest BCUT2D eigenvalue weighted by atomic mass is 16.5. The van der Waals surface area contributed by atoms with E-state index in [2.05, 4.69) is 9.47 Å². The van der Waals surface area contributed by atoms with E-state index in [0.29, 0.717) is 13.0 Å². The van der Waals surface area contributed by atoms with Gasteiger partial charge >= 0.3 is 17.9 Å². The van der Waals surface area contributed by atoms with Crippen LogP contribution < -0.4 is 0 Å². The number of hydrogen-bond donors (Lipinski definition) is 0. The molecular formula is C12H18O6. The largest absolute Gasteiger partial charge is 0.469 e. The van der Waals surface area contributed by atoms with Crippen LogP contribution in [0, 0.1) is 11.8 Å². The van der Waals surface area contributed by atoms with Crippen molar-refractivity contribution in [1.82, 2.24) is 0 Å². The molecule has 0 spiro atoms. The lowest BCUT2D eigenvalue weighted by Gasteiger charge is -2.28. The first-order chi connectivity index (χ1) is 8.56. The summed E-state index contributed by atoms with van der Waals surface area (Å²) >= 11 is 0. The minimum atomic E-state index is -0.386. The summed E-state index contributed by atoms with van der Waals surface area (Å²) in [5.41, 5.74) is 0. The molecule has 0 aromatic rings. The number of carbonyl (C=O) groups is 3. The molecule has 0 aliphatic carbocycles. The van der Waals surface area contributed by atoms with E-state index < -0.39 is 0 Å². The van der Waals surface area contributed by atoms with Crippen LogP contribution in [-0.4, -0.2) is 38.7 Å². The molecule has 0 saturated carbocycles. The standard InChI is InChI=1S/C12H18O6/c1-16-10(13)6-9(7-11(14)17-2)8-3-4-18-12(15)5-8/h8-9H,3-7H2,1-2H3. The molecule has 6 nitrogen and oxygen atoms in total. The quantitative estimate of drug-likeness (QED) is 0.533. The maximum Gasteiger partial charge on any atom is 0.306 e. The van der Waals surface area contributed by atoms with Crippen molar-refractivity contribution >= 4 is 17.9 Å². The molecule has 18 heavy (non-hydrogen) atoms. The molecule has 1 heterocycles. The molecule has 1 atom stereocenters. The van der Waals surface area contributed by atoms with Crippen LogP contribution >= 0.6 is 0 Å². The van der Waals surface area contributed by atoms with E-state index in [1.165, 1.54) is 14.2 Å². The summed E-state index contributed by atoms with van der Waals surface area (Å²) < 4.78 is 14.1. The second kappa shape index (κ2) is 6.98. The molecule has 6 heteroatoms. The van der Waals surface area contributed by atoms with Crippen LogP contribution in [0.25, 0.3) is 0 Å². The molecule has 0 radical (unpaired) electrons. The van der Waals surface area contributed by atoms with Crippen molar-refractivity contribution in [3.05, 3.63) is 0 Å². The predicted molar refractivity (Wildman–Crippen MR) is 60.4 cm³/mol. The fourth-order valence-electron chi connectivity index (χ4n) is 2.10. The lowest BCUT2D eigenvalue weighted by Crippen LogP contribution is -2.30. The van der Waals surface area contributed by atoms with Gasteiger partial charge in [-0.2, -0.15) is 0 Å². The number of rotatable bonds is 5. The second-order valence-corrected chi connectivity index (χ2v) is 4.29. The Hall–Kier alpha value is -1.59. The van der Waals surface area contributed by atoms with E-state index >= 15 is 0 Å². The second-order valence-electron chi connectivity index (χ2n) is 4.29. The molecule has 0 aromatic heterocycles. The van der Waals surface area contributed by atoms with E-state index in [-0.39, 0.29) is 49.0 Å². The van der Waals surface area contributed by atoms with Crippen LogP contribution in [-0.2, 0) is 28.6 Å². The fraction of sp³-hybridized carbons (Fsp3) is 0.750. The van der Waals surface area contributed by atoms with Crippen molar-refractivity contribution < 1.29 is 28.6 Å². The molecular weight excluding hydrogens is 240 g/mol. The van der Waals surface area contributed by atoms with Gasteiger partial charge in [0.25, 0.3) is 0 Å². The van der Waals surface area contributed by atoms with E-state index in [9.17, 15) is 14.4 Å². The van der Waals surface area contributed by atoms with Gasteiger partial charge in [-0.15, -0.1) is 0 Å². The zero-order valence-electron chi connectivity index (χ0n) is 10.6. The van der Waals surface area contributed by atoms with Crippen LogP contribution in [0.4, 0.5) is 0 Å². The Bertz CT molecular complexity index is 307. The summed E-state index contributed by atoms with van der Waals surface area (Å²) in [6.07, 6.45) is 1.12. The molecule has 1 aliphatic rings. The van der Waals surface area contributed by atoms with Crippen molar-refractivity contribution in [2.24, 2.45) is 11.8 Å². The SMILES string of the molecule is COC(=O)CC(CC(=O)OC)C1CCOC(=O)C1. The van der Waals surface area contributed by atoms with Crippen LogP contribution in [0.5, 0.6) is 0 Å². The molecule has 1 unspecified atom stereocenters. The third kappa shape index (κ3) is 4.35. The number of carbonyl (C=O) groups excluding carboxylic acids is 3. The van der Waals surface area contributed by atoms with Crippen LogP contribution in [0.3, 0.4) is 0 Å². The minimum absolute atomic E-state index is 0.0375. The summed E-state index contributed by atoms with van der Waals surface area (Å²) in [6.45, 7) is 0.336. The summed E-state index contributed by atoms with van der Waals surface area (Å²) in [4.78, 5) is 33.9. The van der Waals surface area contributed by atoms with Gasteiger partial charge in [0.1, 0.15) is 0 Å².